The average molecular weight is 274 g/mol. The van der Waals surface area contributed by atoms with Crippen molar-refractivity contribution in [2.75, 3.05) is 13.1 Å². The third-order valence-electron chi connectivity index (χ3n) is 2.30. The predicted molar refractivity (Wildman–Crippen MR) is 70.8 cm³/mol. The Morgan fingerprint density at radius 3 is 2.78 bits per heavy atom. The van der Waals surface area contributed by atoms with Crippen molar-refractivity contribution >= 4 is 10.0 Å². The highest BCUT2D eigenvalue weighted by Crippen LogP contribution is 2.07. The monoisotopic (exact) mass is 274 g/mol. The maximum Gasteiger partial charge on any atom is 0.243 e. The van der Waals surface area contributed by atoms with Crippen LogP contribution in [0.25, 0.3) is 0 Å². The van der Waals surface area contributed by atoms with E-state index in [9.17, 15) is 8.42 Å². The van der Waals surface area contributed by atoms with Gasteiger partial charge in [0, 0.05) is 18.8 Å². The summed E-state index contributed by atoms with van der Waals surface area (Å²) < 4.78 is 27.9. The highest BCUT2D eigenvalue weighted by atomic mass is 32.2. The normalized spacial score (nSPS) is 12.2. The van der Waals surface area contributed by atoms with Crippen LogP contribution in [0.15, 0.2) is 17.3 Å². The number of aryl methyl sites for hydroxylation is 1. The maximum absolute atomic E-state index is 11.9. The fourth-order valence-corrected chi connectivity index (χ4v) is 2.73. The van der Waals surface area contributed by atoms with Gasteiger partial charge in [-0.3, -0.25) is 4.68 Å². The van der Waals surface area contributed by atoms with Crippen LogP contribution in [0.4, 0.5) is 0 Å². The number of nitrogens with one attached hydrogen (secondary N) is 2. The van der Waals surface area contributed by atoms with Crippen LogP contribution in [0.3, 0.4) is 0 Å². The number of hydrogen-bond donors (Lipinski definition) is 2. The molecular formula is C11H22N4O2S. The first-order valence-electron chi connectivity index (χ1n) is 6.21. The molecule has 0 atom stereocenters. The van der Waals surface area contributed by atoms with Gasteiger partial charge in [-0.25, -0.2) is 13.1 Å². The Morgan fingerprint density at radius 2 is 2.17 bits per heavy atom. The molecule has 0 aliphatic heterocycles. The lowest BCUT2D eigenvalue weighted by molar-refractivity contribution is 0.548. The third-order valence-corrected chi connectivity index (χ3v) is 3.91. The van der Waals surface area contributed by atoms with Crippen LogP contribution in [0.5, 0.6) is 0 Å². The standard InChI is InChI=1S/C11H22N4O2S/c1-4-12-6-5-7-15-9-11(8-13-15)18(16,17)14-10(2)3/h8-10,12,14H,4-7H2,1-3H3. The number of hydrogen-bond acceptors (Lipinski definition) is 4. The van der Waals surface area contributed by atoms with Gasteiger partial charge < -0.3 is 5.32 Å². The molecule has 18 heavy (non-hydrogen) atoms. The topological polar surface area (TPSA) is 76.0 Å². The summed E-state index contributed by atoms with van der Waals surface area (Å²) >= 11 is 0. The Bertz CT molecular complexity index is 453. The minimum atomic E-state index is -3.42. The average Bonchev–Trinajstić information content (AvgIpc) is 2.72. The summed E-state index contributed by atoms with van der Waals surface area (Å²) in [5.74, 6) is 0. The van der Waals surface area contributed by atoms with Crippen molar-refractivity contribution in [1.29, 1.82) is 0 Å². The summed E-state index contributed by atoms with van der Waals surface area (Å²) in [5, 5.41) is 7.27. The molecule has 0 bridgehead atoms. The second-order valence-corrected chi connectivity index (χ2v) is 6.14. The smallest absolute Gasteiger partial charge is 0.243 e. The molecule has 0 aromatic carbocycles. The first kappa shape index (κ1) is 15.1. The molecule has 1 aromatic rings. The molecule has 0 saturated carbocycles. The molecule has 7 heteroatoms. The molecule has 1 heterocycles. The Labute approximate surface area is 109 Å². The molecule has 0 saturated heterocycles. The van der Waals surface area contributed by atoms with Gasteiger partial charge in [0.1, 0.15) is 4.90 Å². The largest absolute Gasteiger partial charge is 0.317 e. The van der Waals surface area contributed by atoms with Crippen molar-refractivity contribution in [2.45, 2.75) is 44.7 Å². The lowest BCUT2D eigenvalue weighted by Crippen LogP contribution is -2.29. The van der Waals surface area contributed by atoms with Crippen LogP contribution in [0, 0.1) is 0 Å². The summed E-state index contributed by atoms with van der Waals surface area (Å²) in [5.41, 5.74) is 0. The second kappa shape index (κ2) is 6.86. The van der Waals surface area contributed by atoms with Gasteiger partial charge in [-0.15, -0.1) is 0 Å². The minimum absolute atomic E-state index is 0.118. The molecule has 0 unspecified atom stereocenters. The van der Waals surface area contributed by atoms with Gasteiger partial charge in [-0.05, 0) is 33.4 Å². The molecule has 0 aliphatic rings. The van der Waals surface area contributed by atoms with E-state index in [-0.39, 0.29) is 10.9 Å². The van der Waals surface area contributed by atoms with Crippen LogP contribution in [-0.4, -0.2) is 37.3 Å². The zero-order valence-electron chi connectivity index (χ0n) is 11.2. The third kappa shape index (κ3) is 4.75. The van der Waals surface area contributed by atoms with Crippen molar-refractivity contribution in [3.8, 4) is 0 Å². The lowest BCUT2D eigenvalue weighted by Gasteiger charge is -2.07. The van der Waals surface area contributed by atoms with Crippen LogP contribution >= 0.6 is 0 Å². The van der Waals surface area contributed by atoms with Gasteiger partial charge in [-0.1, -0.05) is 6.92 Å². The van der Waals surface area contributed by atoms with Gasteiger partial charge in [0.2, 0.25) is 10.0 Å². The van der Waals surface area contributed by atoms with Crippen LogP contribution in [0.2, 0.25) is 0 Å². The summed E-state index contributed by atoms with van der Waals surface area (Å²) in [6.45, 7) is 8.19. The first-order chi connectivity index (χ1) is 8.45. The summed E-state index contributed by atoms with van der Waals surface area (Å²) in [7, 11) is -3.42. The number of rotatable bonds is 8. The van der Waals surface area contributed by atoms with E-state index in [4.69, 9.17) is 0 Å². The zero-order chi connectivity index (χ0) is 13.6. The Kier molecular flexibility index (Phi) is 5.77. The van der Waals surface area contributed by atoms with Crippen molar-refractivity contribution in [3.05, 3.63) is 12.4 Å². The number of aromatic nitrogens is 2. The molecule has 0 spiro atoms. The molecule has 104 valence electrons. The second-order valence-electron chi connectivity index (χ2n) is 4.42. The number of sulfonamides is 1. The number of nitrogens with zero attached hydrogens (tertiary/aromatic N) is 2. The van der Waals surface area contributed by atoms with Crippen molar-refractivity contribution < 1.29 is 8.42 Å². The van der Waals surface area contributed by atoms with Gasteiger partial charge >= 0.3 is 0 Å². The SMILES string of the molecule is CCNCCCn1cc(S(=O)(=O)NC(C)C)cn1. The molecule has 1 rings (SSSR count). The Balaban J connectivity index is 2.57. The van der Waals surface area contributed by atoms with Gasteiger partial charge in [-0.2, -0.15) is 5.10 Å². The zero-order valence-corrected chi connectivity index (χ0v) is 12.0. The molecule has 0 amide bonds. The summed E-state index contributed by atoms with van der Waals surface area (Å²) in [6, 6.07) is -0.118. The van der Waals surface area contributed by atoms with Gasteiger partial charge in [0.05, 0.1) is 6.20 Å². The lowest BCUT2D eigenvalue weighted by atomic mass is 10.4. The van der Waals surface area contributed by atoms with Crippen molar-refractivity contribution in [3.63, 3.8) is 0 Å². The Morgan fingerprint density at radius 1 is 1.44 bits per heavy atom. The molecule has 2 N–H and O–H groups in total. The van der Waals surface area contributed by atoms with E-state index in [0.717, 1.165) is 19.5 Å². The van der Waals surface area contributed by atoms with E-state index in [2.05, 4.69) is 22.1 Å². The van der Waals surface area contributed by atoms with E-state index in [1.54, 1.807) is 24.7 Å². The molecular weight excluding hydrogens is 252 g/mol. The molecule has 6 nitrogen and oxygen atoms in total. The van der Waals surface area contributed by atoms with E-state index >= 15 is 0 Å². The summed E-state index contributed by atoms with van der Waals surface area (Å²) in [4.78, 5) is 0.222. The van der Waals surface area contributed by atoms with E-state index in [0.29, 0.717) is 6.54 Å². The summed E-state index contributed by atoms with van der Waals surface area (Å²) in [6.07, 6.45) is 3.88. The minimum Gasteiger partial charge on any atom is -0.317 e. The van der Waals surface area contributed by atoms with Gasteiger partial charge in [0.15, 0.2) is 0 Å². The molecule has 0 radical (unpaired) electrons. The maximum atomic E-state index is 11.9. The van der Waals surface area contributed by atoms with Crippen molar-refractivity contribution in [1.82, 2.24) is 19.8 Å². The van der Waals surface area contributed by atoms with E-state index in [1.807, 2.05) is 0 Å². The van der Waals surface area contributed by atoms with Crippen LogP contribution in [0.1, 0.15) is 27.2 Å². The quantitative estimate of drug-likeness (QED) is 0.680. The molecule has 1 aromatic heterocycles. The van der Waals surface area contributed by atoms with Crippen LogP contribution < -0.4 is 10.0 Å². The fourth-order valence-electron chi connectivity index (χ4n) is 1.53. The Hall–Kier alpha value is -0.920. The van der Waals surface area contributed by atoms with Gasteiger partial charge in [0.25, 0.3) is 0 Å². The fraction of sp³-hybridized carbons (Fsp3) is 0.727. The predicted octanol–water partition coefficient (Wildman–Crippen LogP) is 0.569. The van der Waals surface area contributed by atoms with E-state index in [1.165, 1.54) is 6.20 Å². The van der Waals surface area contributed by atoms with Crippen LogP contribution in [-0.2, 0) is 16.6 Å². The highest BCUT2D eigenvalue weighted by Gasteiger charge is 2.17. The van der Waals surface area contributed by atoms with Crippen molar-refractivity contribution in [2.24, 2.45) is 0 Å². The molecule has 0 fully saturated rings. The first-order valence-corrected chi connectivity index (χ1v) is 7.69. The molecule has 0 aliphatic carbocycles. The van der Waals surface area contributed by atoms with E-state index < -0.39 is 10.0 Å². The highest BCUT2D eigenvalue weighted by molar-refractivity contribution is 7.89.